The summed E-state index contributed by atoms with van der Waals surface area (Å²) < 4.78 is 0. The molecule has 0 saturated carbocycles. The summed E-state index contributed by atoms with van der Waals surface area (Å²) in [6.07, 6.45) is 3.79. The van der Waals surface area contributed by atoms with Crippen LogP contribution in [0.1, 0.15) is 24.1 Å². The van der Waals surface area contributed by atoms with Gasteiger partial charge < -0.3 is 4.90 Å². The zero-order chi connectivity index (χ0) is 12.5. The number of piperidine rings is 1. The van der Waals surface area contributed by atoms with Crippen molar-refractivity contribution in [2.24, 2.45) is 5.84 Å². The van der Waals surface area contributed by atoms with Gasteiger partial charge in [0.15, 0.2) is 0 Å². The van der Waals surface area contributed by atoms with Gasteiger partial charge in [0.05, 0.1) is 5.39 Å². The van der Waals surface area contributed by atoms with E-state index in [-0.39, 0.29) is 0 Å². The van der Waals surface area contributed by atoms with Crippen molar-refractivity contribution in [3.8, 4) is 0 Å². The second-order valence-electron chi connectivity index (χ2n) is 4.64. The number of nitrogens with one attached hydrogen (secondary N) is 1. The summed E-state index contributed by atoms with van der Waals surface area (Å²) in [5, 5.41) is 1.15. The largest absolute Gasteiger partial charge is 0.356 e. The number of aromatic nitrogens is 2. The fourth-order valence-corrected chi connectivity index (χ4v) is 3.31. The Morgan fingerprint density at radius 1 is 1.28 bits per heavy atom. The van der Waals surface area contributed by atoms with Crippen molar-refractivity contribution in [2.75, 3.05) is 23.4 Å². The van der Waals surface area contributed by atoms with Crippen molar-refractivity contribution in [1.29, 1.82) is 0 Å². The standard InChI is InChI=1S/C12H17N5S/c1-8-7-9-10(17-5-3-2-4-6-17)14-12(16-13)15-11(9)18-8/h7H,2-6,13H2,1H3,(H,14,15,16). The lowest BCUT2D eigenvalue weighted by Crippen LogP contribution is -2.30. The molecule has 3 heterocycles. The maximum Gasteiger partial charge on any atom is 0.240 e. The molecule has 2 aromatic heterocycles. The van der Waals surface area contributed by atoms with Crippen LogP contribution in [0.2, 0.25) is 0 Å². The van der Waals surface area contributed by atoms with Gasteiger partial charge in [0, 0.05) is 18.0 Å². The van der Waals surface area contributed by atoms with Crippen LogP contribution in [0, 0.1) is 6.92 Å². The Kier molecular flexibility index (Phi) is 3.05. The van der Waals surface area contributed by atoms with Crippen molar-refractivity contribution in [1.82, 2.24) is 9.97 Å². The molecule has 0 amide bonds. The molecule has 3 rings (SSSR count). The van der Waals surface area contributed by atoms with Crippen LogP contribution in [0.3, 0.4) is 0 Å². The third-order valence-electron chi connectivity index (χ3n) is 3.28. The van der Waals surface area contributed by atoms with E-state index in [9.17, 15) is 0 Å². The van der Waals surface area contributed by atoms with Crippen LogP contribution in [0.25, 0.3) is 10.2 Å². The van der Waals surface area contributed by atoms with Gasteiger partial charge in [-0.3, -0.25) is 5.43 Å². The minimum Gasteiger partial charge on any atom is -0.356 e. The van der Waals surface area contributed by atoms with Crippen molar-refractivity contribution in [3.05, 3.63) is 10.9 Å². The summed E-state index contributed by atoms with van der Waals surface area (Å²) in [5.74, 6) is 6.99. The van der Waals surface area contributed by atoms with Crippen LogP contribution < -0.4 is 16.2 Å². The first-order valence-corrected chi connectivity index (χ1v) is 7.09. The average molecular weight is 263 g/mol. The molecule has 18 heavy (non-hydrogen) atoms. The molecule has 5 nitrogen and oxygen atoms in total. The van der Waals surface area contributed by atoms with Gasteiger partial charge in [0.25, 0.3) is 0 Å². The van der Waals surface area contributed by atoms with Crippen LogP contribution >= 0.6 is 11.3 Å². The van der Waals surface area contributed by atoms with Crippen molar-refractivity contribution < 1.29 is 0 Å². The van der Waals surface area contributed by atoms with Crippen molar-refractivity contribution >= 4 is 33.3 Å². The number of nitrogens with zero attached hydrogens (tertiary/aromatic N) is 3. The molecule has 1 fully saturated rings. The Balaban J connectivity index is 2.12. The molecule has 1 aliphatic heterocycles. The first-order valence-electron chi connectivity index (χ1n) is 6.27. The van der Waals surface area contributed by atoms with E-state index in [4.69, 9.17) is 5.84 Å². The fourth-order valence-electron chi connectivity index (χ4n) is 2.44. The number of aryl methyl sites for hydroxylation is 1. The van der Waals surface area contributed by atoms with Crippen LogP contribution in [0.15, 0.2) is 6.07 Å². The maximum atomic E-state index is 5.46. The molecule has 0 spiro atoms. The Labute approximate surface area is 110 Å². The number of thiophene rings is 1. The molecular weight excluding hydrogens is 246 g/mol. The first-order chi connectivity index (χ1) is 8.78. The van der Waals surface area contributed by atoms with E-state index in [1.807, 2.05) is 0 Å². The number of hydrogen-bond donors (Lipinski definition) is 2. The van der Waals surface area contributed by atoms with Gasteiger partial charge >= 0.3 is 0 Å². The van der Waals surface area contributed by atoms with Crippen LogP contribution in [0.4, 0.5) is 11.8 Å². The molecule has 6 heteroatoms. The number of hydrogen-bond acceptors (Lipinski definition) is 6. The topological polar surface area (TPSA) is 67.1 Å². The van der Waals surface area contributed by atoms with Gasteiger partial charge in [-0.2, -0.15) is 4.98 Å². The molecule has 1 aliphatic rings. The molecule has 0 atom stereocenters. The second kappa shape index (κ2) is 4.70. The third-order valence-corrected chi connectivity index (χ3v) is 4.22. The molecule has 0 aliphatic carbocycles. The highest BCUT2D eigenvalue weighted by atomic mass is 32.1. The average Bonchev–Trinajstić information content (AvgIpc) is 2.78. The van der Waals surface area contributed by atoms with Gasteiger partial charge in [0.1, 0.15) is 10.6 Å². The predicted molar refractivity (Wildman–Crippen MR) is 76.0 cm³/mol. The summed E-state index contributed by atoms with van der Waals surface area (Å²) in [6, 6.07) is 2.17. The summed E-state index contributed by atoms with van der Waals surface area (Å²) in [6.45, 7) is 4.25. The molecule has 96 valence electrons. The molecular formula is C12H17N5S. The monoisotopic (exact) mass is 263 g/mol. The Hall–Kier alpha value is -1.40. The van der Waals surface area contributed by atoms with Gasteiger partial charge in [-0.05, 0) is 32.3 Å². The highest BCUT2D eigenvalue weighted by Gasteiger charge is 2.18. The van der Waals surface area contributed by atoms with E-state index in [1.54, 1.807) is 11.3 Å². The minimum absolute atomic E-state index is 0.505. The Bertz CT molecular complexity index is 559. The Morgan fingerprint density at radius 3 is 2.78 bits per heavy atom. The van der Waals surface area contributed by atoms with E-state index in [1.165, 1.54) is 24.1 Å². The van der Waals surface area contributed by atoms with E-state index in [2.05, 4.69) is 33.3 Å². The number of nitrogen functional groups attached to an aromatic ring is 1. The van der Waals surface area contributed by atoms with E-state index < -0.39 is 0 Å². The molecule has 2 aromatic rings. The number of rotatable bonds is 2. The van der Waals surface area contributed by atoms with Crippen molar-refractivity contribution in [3.63, 3.8) is 0 Å². The lowest BCUT2D eigenvalue weighted by molar-refractivity contribution is 0.575. The van der Waals surface area contributed by atoms with Crippen LogP contribution in [0.5, 0.6) is 0 Å². The Morgan fingerprint density at radius 2 is 2.06 bits per heavy atom. The zero-order valence-electron chi connectivity index (χ0n) is 10.4. The fraction of sp³-hybridized carbons (Fsp3) is 0.500. The number of nitrogens with two attached hydrogens (primary N) is 1. The SMILES string of the molecule is Cc1cc2c(N3CCCCC3)nc(NN)nc2s1. The van der Waals surface area contributed by atoms with Gasteiger partial charge in [-0.1, -0.05) is 0 Å². The molecule has 0 unspecified atom stereocenters. The summed E-state index contributed by atoms with van der Waals surface area (Å²) in [7, 11) is 0. The molecule has 0 bridgehead atoms. The quantitative estimate of drug-likeness (QED) is 0.642. The summed E-state index contributed by atoms with van der Waals surface area (Å²) >= 11 is 1.69. The molecule has 0 aromatic carbocycles. The summed E-state index contributed by atoms with van der Waals surface area (Å²) in [4.78, 5) is 13.6. The third kappa shape index (κ3) is 2.02. The highest BCUT2D eigenvalue weighted by molar-refractivity contribution is 7.18. The van der Waals surface area contributed by atoms with E-state index >= 15 is 0 Å². The first kappa shape index (κ1) is 11.7. The summed E-state index contributed by atoms with van der Waals surface area (Å²) in [5.41, 5.74) is 2.57. The molecule has 0 radical (unpaired) electrons. The van der Waals surface area contributed by atoms with Gasteiger partial charge in [-0.15, -0.1) is 11.3 Å². The molecule has 1 saturated heterocycles. The van der Waals surface area contributed by atoms with Crippen molar-refractivity contribution in [2.45, 2.75) is 26.2 Å². The second-order valence-corrected chi connectivity index (χ2v) is 5.87. The van der Waals surface area contributed by atoms with Gasteiger partial charge in [0.2, 0.25) is 5.95 Å². The predicted octanol–water partition coefficient (Wildman–Crippen LogP) is 2.28. The molecule has 3 N–H and O–H groups in total. The highest BCUT2D eigenvalue weighted by Crippen LogP contribution is 2.32. The maximum absolute atomic E-state index is 5.46. The minimum atomic E-state index is 0.505. The van der Waals surface area contributed by atoms with Crippen LogP contribution in [-0.4, -0.2) is 23.1 Å². The smallest absolute Gasteiger partial charge is 0.240 e. The lowest BCUT2D eigenvalue weighted by Gasteiger charge is -2.28. The normalized spacial score (nSPS) is 16.2. The lowest BCUT2D eigenvalue weighted by atomic mass is 10.1. The number of hydrazine groups is 1. The number of anilines is 2. The van der Waals surface area contributed by atoms with E-state index in [0.29, 0.717) is 5.95 Å². The van der Waals surface area contributed by atoms with E-state index in [0.717, 1.165) is 29.1 Å². The van der Waals surface area contributed by atoms with Crippen LogP contribution in [-0.2, 0) is 0 Å². The van der Waals surface area contributed by atoms with Gasteiger partial charge in [-0.25, -0.2) is 10.8 Å². The number of fused-ring (bicyclic) bond motifs is 1. The zero-order valence-corrected chi connectivity index (χ0v) is 11.3.